The number of para-hydroxylation sites is 1. The maximum absolute atomic E-state index is 12.4. The molecular weight excluding hydrogens is 383 g/mol. The van der Waals surface area contributed by atoms with E-state index in [2.05, 4.69) is 11.9 Å². The average molecular weight is 405 g/mol. The fourth-order valence-electron chi connectivity index (χ4n) is 3.05. The zero-order chi connectivity index (χ0) is 19.4. The molecule has 1 N–H and O–H groups in total. The summed E-state index contributed by atoms with van der Waals surface area (Å²) in [6.45, 7) is 6.18. The van der Waals surface area contributed by atoms with Crippen LogP contribution in [0.25, 0.3) is 0 Å². The number of hydrogen-bond acceptors (Lipinski definition) is 4. The zero-order valence-corrected chi connectivity index (χ0v) is 19.2. The molecule has 7 heteroatoms. The van der Waals surface area contributed by atoms with E-state index in [0.717, 1.165) is 11.1 Å². The summed E-state index contributed by atoms with van der Waals surface area (Å²) in [7, 11) is 0. The van der Waals surface area contributed by atoms with Crippen LogP contribution in [0.5, 0.6) is 11.5 Å². The van der Waals surface area contributed by atoms with Crippen molar-refractivity contribution in [2.75, 3.05) is 6.54 Å². The van der Waals surface area contributed by atoms with Crippen molar-refractivity contribution >= 4 is 12.0 Å². The number of rotatable bonds is 5. The Morgan fingerprint density at radius 1 is 1.25 bits per heavy atom. The van der Waals surface area contributed by atoms with Gasteiger partial charge in [0.15, 0.2) is 0 Å². The van der Waals surface area contributed by atoms with Gasteiger partial charge in [0.25, 0.3) is 0 Å². The van der Waals surface area contributed by atoms with Gasteiger partial charge in [-0.15, -0.1) is 0 Å². The number of amides is 2. The van der Waals surface area contributed by atoms with Crippen molar-refractivity contribution in [3.8, 4) is 11.5 Å². The van der Waals surface area contributed by atoms with Crippen LogP contribution in [-0.2, 0) is 11.3 Å². The molecule has 1 aliphatic rings. The maximum Gasteiger partial charge on any atom is 1.00 e. The Bertz CT molecular complexity index is 884. The number of carbonyl (C=O) groups excluding carboxylic acids is 2. The van der Waals surface area contributed by atoms with Crippen LogP contribution < -0.4 is 66.5 Å². The van der Waals surface area contributed by atoms with Gasteiger partial charge < -0.3 is 24.9 Å². The second-order valence-electron chi connectivity index (χ2n) is 6.60. The van der Waals surface area contributed by atoms with Crippen LogP contribution in [0, 0.1) is 6.92 Å². The van der Waals surface area contributed by atoms with E-state index in [-0.39, 0.29) is 70.9 Å². The molecule has 1 aliphatic heterocycles. The predicted molar refractivity (Wildman–Crippen MR) is 99.2 cm³/mol. The molecule has 0 saturated carbocycles. The van der Waals surface area contributed by atoms with E-state index in [1.54, 1.807) is 0 Å². The third-order valence-electron chi connectivity index (χ3n) is 4.41. The second kappa shape index (κ2) is 10.2. The summed E-state index contributed by atoms with van der Waals surface area (Å²) in [6.07, 6.45) is 0.225. The minimum Gasteiger partial charge on any atom is -0.548 e. The molecule has 2 amide bonds. The number of carboxylic acids is 1. The number of urea groups is 1. The predicted octanol–water partition coefficient (Wildman–Crippen LogP) is -0.619. The Morgan fingerprint density at radius 2 is 2.00 bits per heavy atom. The molecule has 1 fully saturated rings. The molecule has 0 aromatic heterocycles. The van der Waals surface area contributed by atoms with Crippen molar-refractivity contribution in [1.29, 1.82) is 0 Å². The Morgan fingerprint density at radius 3 is 2.71 bits per heavy atom. The summed E-state index contributed by atoms with van der Waals surface area (Å²) in [5.41, 5.74) is 2.57. The van der Waals surface area contributed by atoms with Crippen LogP contribution in [0.3, 0.4) is 0 Å². The van der Waals surface area contributed by atoms with E-state index in [4.69, 9.17) is 4.74 Å². The molecule has 0 unspecified atom stereocenters. The topological polar surface area (TPSA) is 81.7 Å². The average Bonchev–Trinajstić information content (AvgIpc) is 3.03. The number of carboxylic acid groups (broad SMARTS) is 1. The molecule has 1 saturated heterocycles. The van der Waals surface area contributed by atoms with Gasteiger partial charge in [0, 0.05) is 18.7 Å². The SMILES string of the molecule is C=C1C[C@@H](C(=O)[O-])N(C(=O)NCc2ccccc2Oc2cccc(C)c2)C1.[K+]. The normalized spacial score (nSPS) is 15.7. The number of aliphatic carboxylic acids is 1. The number of nitrogens with one attached hydrogen (secondary N) is 1. The quantitative estimate of drug-likeness (QED) is 0.532. The van der Waals surface area contributed by atoms with Crippen LogP contribution in [-0.4, -0.2) is 29.5 Å². The molecule has 0 bridgehead atoms. The molecule has 3 rings (SSSR count). The van der Waals surface area contributed by atoms with Crippen molar-refractivity contribution in [2.24, 2.45) is 0 Å². The Kier molecular flexibility index (Phi) is 8.27. The van der Waals surface area contributed by atoms with Gasteiger partial charge in [-0.25, -0.2) is 4.79 Å². The van der Waals surface area contributed by atoms with Gasteiger partial charge in [0.05, 0.1) is 12.0 Å². The standard InChI is InChI=1S/C21H22N2O4.K/c1-14-6-5-8-17(10-14)27-19-9-4-3-7-16(19)12-22-21(26)23-13-15(2)11-18(23)20(24)25;/h3-10,18H,2,11-13H2,1H3,(H,22,26)(H,24,25);/q;+1/p-1/t18-;/m0./s1. The number of aryl methyl sites for hydroxylation is 1. The summed E-state index contributed by atoms with van der Waals surface area (Å²) in [6, 6.07) is 13.6. The van der Waals surface area contributed by atoms with Gasteiger partial charge in [-0.1, -0.05) is 42.5 Å². The minimum atomic E-state index is -1.27. The number of nitrogens with zero attached hydrogens (tertiary/aromatic N) is 1. The summed E-state index contributed by atoms with van der Waals surface area (Å²) < 4.78 is 5.94. The van der Waals surface area contributed by atoms with Crippen molar-refractivity contribution < 1.29 is 70.8 Å². The molecule has 0 radical (unpaired) electrons. The van der Waals surface area contributed by atoms with Gasteiger partial charge in [0.2, 0.25) is 0 Å². The fraction of sp³-hybridized carbons (Fsp3) is 0.238. The molecule has 140 valence electrons. The first-order valence-electron chi connectivity index (χ1n) is 8.68. The molecule has 1 atom stereocenters. The molecule has 0 aliphatic carbocycles. The molecular formula is C21H21KN2O4. The molecule has 2 aromatic rings. The van der Waals surface area contributed by atoms with Crippen molar-refractivity contribution in [2.45, 2.75) is 25.9 Å². The molecule has 2 aromatic carbocycles. The smallest absolute Gasteiger partial charge is 0.548 e. The Labute approximate surface area is 207 Å². The van der Waals surface area contributed by atoms with Gasteiger partial charge in [-0.3, -0.25) is 0 Å². The van der Waals surface area contributed by atoms with Crippen LogP contribution in [0.4, 0.5) is 4.79 Å². The van der Waals surface area contributed by atoms with E-state index in [9.17, 15) is 14.7 Å². The van der Waals surface area contributed by atoms with Crippen molar-refractivity contribution in [3.05, 3.63) is 71.8 Å². The molecule has 6 nitrogen and oxygen atoms in total. The Balaban J connectivity index is 0.00000280. The third-order valence-corrected chi connectivity index (χ3v) is 4.41. The van der Waals surface area contributed by atoms with Crippen LogP contribution in [0.2, 0.25) is 0 Å². The number of likely N-dealkylation sites (tertiary alicyclic amines) is 1. The maximum atomic E-state index is 12.4. The zero-order valence-electron chi connectivity index (χ0n) is 16.1. The van der Waals surface area contributed by atoms with E-state index in [0.29, 0.717) is 17.1 Å². The third kappa shape index (κ3) is 5.68. The Hall–Kier alpha value is -1.64. The number of ether oxygens (including phenoxy) is 1. The van der Waals surface area contributed by atoms with Gasteiger partial charge in [0.1, 0.15) is 11.5 Å². The van der Waals surface area contributed by atoms with Crippen LogP contribution in [0.1, 0.15) is 17.5 Å². The first-order valence-corrected chi connectivity index (χ1v) is 8.68. The fourth-order valence-corrected chi connectivity index (χ4v) is 3.05. The molecule has 0 spiro atoms. The van der Waals surface area contributed by atoms with Gasteiger partial charge in [-0.05, 0) is 37.1 Å². The monoisotopic (exact) mass is 404 g/mol. The van der Waals surface area contributed by atoms with E-state index < -0.39 is 18.0 Å². The van der Waals surface area contributed by atoms with Gasteiger partial charge >= 0.3 is 57.4 Å². The first-order chi connectivity index (χ1) is 12.9. The molecule has 28 heavy (non-hydrogen) atoms. The van der Waals surface area contributed by atoms with E-state index in [1.165, 1.54) is 4.90 Å². The summed E-state index contributed by atoms with van der Waals surface area (Å²) in [5.74, 6) is 0.0688. The van der Waals surface area contributed by atoms with Crippen LogP contribution in [0.15, 0.2) is 60.7 Å². The van der Waals surface area contributed by atoms with Crippen molar-refractivity contribution in [1.82, 2.24) is 10.2 Å². The number of hydrogen-bond donors (Lipinski definition) is 1. The number of benzene rings is 2. The van der Waals surface area contributed by atoms with Gasteiger partial charge in [-0.2, -0.15) is 0 Å². The molecule has 1 heterocycles. The summed E-state index contributed by atoms with van der Waals surface area (Å²) >= 11 is 0. The second-order valence-corrected chi connectivity index (χ2v) is 6.60. The van der Waals surface area contributed by atoms with Crippen molar-refractivity contribution in [3.63, 3.8) is 0 Å². The van der Waals surface area contributed by atoms with Crippen LogP contribution >= 0.6 is 0 Å². The first kappa shape index (κ1) is 22.6. The summed E-state index contributed by atoms with van der Waals surface area (Å²) in [4.78, 5) is 24.9. The summed E-state index contributed by atoms with van der Waals surface area (Å²) in [5, 5.41) is 14.0. The van der Waals surface area contributed by atoms with E-state index in [1.807, 2.05) is 55.5 Å². The van der Waals surface area contributed by atoms with E-state index >= 15 is 0 Å². The number of carbonyl (C=O) groups is 2. The minimum absolute atomic E-state index is 0. The largest absolute Gasteiger partial charge is 1.00 e.